The van der Waals surface area contributed by atoms with Gasteiger partial charge in [-0.3, -0.25) is 4.79 Å². The number of carbonyl (C=O) groups is 1. The molecule has 1 aliphatic heterocycles. The quantitative estimate of drug-likeness (QED) is 0.312. The standard InChI is InChI=1S/C27H27ClN4OS/c28-22-16-30-27(32-24(22)13-20-3-7-23-26(14-20)34-17-31-23)15-19-1-5-21(6-2-19)25(33)8-4-18-9-11-29-12-10-18/h1-3,5-7,14,16-18,29H,4,8-13,15H2. The molecule has 1 N–H and O–H groups in total. The molecule has 0 bridgehead atoms. The Morgan fingerprint density at radius 1 is 1.03 bits per heavy atom. The van der Waals surface area contributed by atoms with E-state index in [2.05, 4.69) is 27.4 Å². The van der Waals surface area contributed by atoms with Gasteiger partial charge in [0, 0.05) is 31.0 Å². The van der Waals surface area contributed by atoms with Gasteiger partial charge in [0.15, 0.2) is 5.78 Å². The minimum absolute atomic E-state index is 0.230. The Morgan fingerprint density at radius 2 is 1.82 bits per heavy atom. The monoisotopic (exact) mass is 490 g/mol. The zero-order valence-corrected chi connectivity index (χ0v) is 20.5. The lowest BCUT2D eigenvalue weighted by Crippen LogP contribution is -2.27. The zero-order chi connectivity index (χ0) is 23.3. The van der Waals surface area contributed by atoms with Gasteiger partial charge in [0.2, 0.25) is 0 Å². The fourth-order valence-corrected chi connectivity index (χ4v) is 5.40. The Labute approximate surface area is 208 Å². The highest BCUT2D eigenvalue weighted by molar-refractivity contribution is 7.16. The number of halogens is 1. The van der Waals surface area contributed by atoms with Gasteiger partial charge in [0.1, 0.15) is 5.82 Å². The molecule has 0 unspecified atom stereocenters. The first-order chi connectivity index (χ1) is 16.6. The van der Waals surface area contributed by atoms with Crippen molar-refractivity contribution in [3.63, 3.8) is 0 Å². The number of Topliss-reactive ketones (excluding diaryl/α,β-unsaturated/α-hetero) is 1. The summed E-state index contributed by atoms with van der Waals surface area (Å²) in [5.74, 6) is 1.63. The molecular formula is C27H27ClN4OS. The molecule has 2 aromatic carbocycles. The average Bonchev–Trinajstić information content (AvgIpc) is 3.34. The third-order valence-corrected chi connectivity index (χ3v) is 7.62. The molecule has 0 spiro atoms. The van der Waals surface area contributed by atoms with E-state index in [9.17, 15) is 4.79 Å². The van der Waals surface area contributed by atoms with Crippen molar-refractivity contribution in [1.82, 2.24) is 20.3 Å². The van der Waals surface area contributed by atoms with Crippen molar-refractivity contribution in [3.8, 4) is 0 Å². The summed E-state index contributed by atoms with van der Waals surface area (Å²) in [5, 5.41) is 3.95. The number of hydrogen-bond acceptors (Lipinski definition) is 6. The van der Waals surface area contributed by atoms with Crippen LogP contribution in [0.5, 0.6) is 0 Å². The molecular weight excluding hydrogens is 464 g/mol. The van der Waals surface area contributed by atoms with Crippen LogP contribution in [0.2, 0.25) is 5.02 Å². The normalized spacial score (nSPS) is 14.5. The third kappa shape index (κ3) is 5.69. The Bertz CT molecular complexity index is 1280. The minimum Gasteiger partial charge on any atom is -0.317 e. The summed E-state index contributed by atoms with van der Waals surface area (Å²) in [6.07, 6.45) is 6.89. The Morgan fingerprint density at radius 3 is 2.65 bits per heavy atom. The highest BCUT2D eigenvalue weighted by Gasteiger charge is 2.15. The Kier molecular flexibility index (Phi) is 7.28. The smallest absolute Gasteiger partial charge is 0.162 e. The second kappa shape index (κ2) is 10.7. The lowest BCUT2D eigenvalue weighted by molar-refractivity contribution is 0.0971. The van der Waals surface area contributed by atoms with E-state index in [1.54, 1.807) is 17.5 Å². The van der Waals surface area contributed by atoms with Crippen molar-refractivity contribution in [2.75, 3.05) is 13.1 Å². The number of rotatable bonds is 8. The number of hydrogen-bond donors (Lipinski definition) is 1. The summed E-state index contributed by atoms with van der Waals surface area (Å²) in [7, 11) is 0. The second-order valence-corrected chi connectivity index (χ2v) is 10.2. The molecule has 0 saturated carbocycles. The molecule has 1 saturated heterocycles. The number of benzene rings is 2. The van der Waals surface area contributed by atoms with Crippen LogP contribution < -0.4 is 5.32 Å². The van der Waals surface area contributed by atoms with Gasteiger partial charge in [0.25, 0.3) is 0 Å². The molecule has 34 heavy (non-hydrogen) atoms. The third-order valence-electron chi connectivity index (χ3n) is 6.51. The topological polar surface area (TPSA) is 67.8 Å². The fraction of sp³-hybridized carbons (Fsp3) is 0.333. The summed E-state index contributed by atoms with van der Waals surface area (Å²) in [5.41, 5.74) is 6.70. The van der Waals surface area contributed by atoms with Gasteiger partial charge in [-0.1, -0.05) is 41.9 Å². The predicted octanol–water partition coefficient (Wildman–Crippen LogP) is 5.88. The van der Waals surface area contributed by atoms with Crippen LogP contribution in [0.4, 0.5) is 0 Å². The number of aromatic nitrogens is 3. The summed E-state index contributed by atoms with van der Waals surface area (Å²) in [4.78, 5) is 26.1. The highest BCUT2D eigenvalue weighted by Crippen LogP contribution is 2.23. The van der Waals surface area contributed by atoms with Gasteiger partial charge in [-0.15, -0.1) is 11.3 Å². The van der Waals surface area contributed by atoms with Crippen LogP contribution in [0, 0.1) is 5.92 Å². The van der Waals surface area contributed by atoms with Gasteiger partial charge >= 0.3 is 0 Å². The van der Waals surface area contributed by atoms with E-state index < -0.39 is 0 Å². The van der Waals surface area contributed by atoms with Crippen LogP contribution in [0.1, 0.15) is 58.7 Å². The molecule has 0 atom stereocenters. The molecule has 2 aromatic heterocycles. The van der Waals surface area contributed by atoms with Crippen LogP contribution in [0.3, 0.4) is 0 Å². The molecule has 5 nitrogen and oxygen atoms in total. The van der Waals surface area contributed by atoms with E-state index in [-0.39, 0.29) is 5.78 Å². The molecule has 1 aliphatic rings. The summed E-state index contributed by atoms with van der Waals surface area (Å²) >= 11 is 8.04. The summed E-state index contributed by atoms with van der Waals surface area (Å²) in [6, 6.07) is 14.1. The summed E-state index contributed by atoms with van der Waals surface area (Å²) < 4.78 is 1.16. The van der Waals surface area contributed by atoms with Crippen molar-refractivity contribution >= 4 is 38.9 Å². The maximum Gasteiger partial charge on any atom is 0.162 e. The molecule has 0 radical (unpaired) electrons. The first kappa shape index (κ1) is 23.1. The molecule has 0 aliphatic carbocycles. The maximum absolute atomic E-state index is 12.6. The Hall–Kier alpha value is -2.67. The van der Waals surface area contributed by atoms with Gasteiger partial charge < -0.3 is 5.32 Å². The second-order valence-electron chi connectivity index (χ2n) is 8.94. The molecule has 0 amide bonds. The molecule has 1 fully saturated rings. The SMILES string of the molecule is O=C(CCC1CCNCC1)c1ccc(Cc2ncc(Cl)c(Cc3ccc4ncsc4c3)n2)cc1. The number of carbonyl (C=O) groups excluding carboxylic acids is 1. The van der Waals surface area contributed by atoms with E-state index in [1.807, 2.05) is 35.8 Å². The van der Waals surface area contributed by atoms with Crippen LogP contribution in [-0.2, 0) is 12.8 Å². The lowest BCUT2D eigenvalue weighted by atomic mass is 9.91. The van der Waals surface area contributed by atoms with Crippen molar-refractivity contribution in [1.29, 1.82) is 0 Å². The average molecular weight is 491 g/mol. The van der Waals surface area contributed by atoms with Crippen LogP contribution in [-0.4, -0.2) is 33.8 Å². The number of ketones is 1. The van der Waals surface area contributed by atoms with E-state index in [4.69, 9.17) is 16.6 Å². The van der Waals surface area contributed by atoms with Gasteiger partial charge in [-0.05, 0) is 61.5 Å². The highest BCUT2D eigenvalue weighted by atomic mass is 35.5. The molecule has 174 valence electrons. The lowest BCUT2D eigenvalue weighted by Gasteiger charge is -2.22. The maximum atomic E-state index is 12.6. The summed E-state index contributed by atoms with van der Waals surface area (Å²) in [6.45, 7) is 2.15. The molecule has 7 heteroatoms. The fourth-order valence-electron chi connectivity index (χ4n) is 4.50. The molecule has 3 heterocycles. The number of piperidine rings is 1. The van der Waals surface area contributed by atoms with Crippen molar-refractivity contribution in [2.24, 2.45) is 5.92 Å². The van der Waals surface area contributed by atoms with Crippen LogP contribution in [0.25, 0.3) is 10.2 Å². The first-order valence-electron chi connectivity index (χ1n) is 11.8. The minimum atomic E-state index is 0.230. The van der Waals surface area contributed by atoms with Crippen LogP contribution in [0.15, 0.2) is 54.2 Å². The first-order valence-corrected chi connectivity index (χ1v) is 13.0. The van der Waals surface area contributed by atoms with Gasteiger partial charge in [-0.25, -0.2) is 15.0 Å². The number of thiazole rings is 1. The number of nitrogens with zero attached hydrogens (tertiary/aromatic N) is 3. The molecule has 4 aromatic rings. The Balaban J connectivity index is 1.22. The van der Waals surface area contributed by atoms with E-state index in [0.29, 0.717) is 30.2 Å². The number of nitrogens with one attached hydrogen (secondary N) is 1. The van der Waals surface area contributed by atoms with Gasteiger partial charge in [-0.2, -0.15) is 0 Å². The van der Waals surface area contributed by atoms with E-state index in [1.165, 1.54) is 12.8 Å². The van der Waals surface area contributed by atoms with E-state index in [0.717, 1.165) is 57.9 Å². The zero-order valence-electron chi connectivity index (χ0n) is 19.0. The number of fused-ring (bicyclic) bond motifs is 1. The van der Waals surface area contributed by atoms with Crippen molar-refractivity contribution in [3.05, 3.63) is 87.4 Å². The molecule has 5 rings (SSSR count). The van der Waals surface area contributed by atoms with Crippen LogP contribution >= 0.6 is 22.9 Å². The van der Waals surface area contributed by atoms with Crippen molar-refractivity contribution in [2.45, 2.75) is 38.5 Å². The van der Waals surface area contributed by atoms with E-state index >= 15 is 0 Å². The predicted molar refractivity (Wildman–Crippen MR) is 138 cm³/mol. The largest absolute Gasteiger partial charge is 0.317 e. The van der Waals surface area contributed by atoms with Gasteiger partial charge in [0.05, 0.1) is 26.4 Å². The van der Waals surface area contributed by atoms with Crippen molar-refractivity contribution < 1.29 is 4.79 Å².